The predicted molar refractivity (Wildman–Crippen MR) is 310 cm³/mol. The van der Waals surface area contributed by atoms with Crippen LogP contribution in [0, 0.1) is 0 Å². The fourth-order valence-corrected chi connectivity index (χ4v) is 12.1. The third-order valence-corrected chi connectivity index (χ3v) is 15.8. The number of hydroxylamine groups is 4. The Morgan fingerprint density at radius 1 is 0.316 bits per heavy atom. The molecule has 2 rings (SSSR count). The van der Waals surface area contributed by atoms with Crippen molar-refractivity contribution in [1.29, 1.82) is 0 Å². The van der Waals surface area contributed by atoms with Crippen molar-refractivity contribution in [1.82, 2.24) is 10.1 Å². The first-order valence-electron chi connectivity index (χ1n) is 31.9. The molecule has 2 aliphatic rings. The second kappa shape index (κ2) is 40.8. The third-order valence-electron chi connectivity index (χ3n) is 15.8. The second-order valence-electron chi connectivity index (χ2n) is 25.6. The van der Waals surface area contributed by atoms with Crippen molar-refractivity contribution in [2.24, 2.45) is 0 Å². The molecule has 76 heavy (non-hydrogen) atoms. The van der Waals surface area contributed by atoms with Gasteiger partial charge >= 0.3 is 23.9 Å². The minimum absolute atomic E-state index is 0.107. The fraction of sp³-hybridized carbons (Fsp3) is 0.938. The van der Waals surface area contributed by atoms with Gasteiger partial charge in [-0.3, -0.25) is 28.9 Å². The lowest BCUT2D eigenvalue weighted by Gasteiger charge is -2.53. The van der Waals surface area contributed by atoms with Gasteiger partial charge in [0.2, 0.25) is 0 Å². The molecule has 2 aliphatic heterocycles. The Morgan fingerprint density at radius 3 is 0.803 bits per heavy atom. The summed E-state index contributed by atoms with van der Waals surface area (Å²) in [5.74, 6) is -0.888. The van der Waals surface area contributed by atoms with E-state index in [-0.39, 0.29) is 75.4 Å². The molecule has 0 aromatic heterocycles. The van der Waals surface area contributed by atoms with E-state index in [0.29, 0.717) is 51.4 Å². The van der Waals surface area contributed by atoms with Gasteiger partial charge in [0.05, 0.1) is 39.3 Å². The highest BCUT2D eigenvalue weighted by atomic mass is 16.7. The number of hydrogen-bond acceptors (Lipinski definition) is 12. The van der Waals surface area contributed by atoms with E-state index in [9.17, 15) is 19.2 Å². The first kappa shape index (κ1) is 69.8. The van der Waals surface area contributed by atoms with Crippen LogP contribution in [0.1, 0.15) is 326 Å². The quantitative estimate of drug-likeness (QED) is 0.0327. The zero-order valence-electron chi connectivity index (χ0n) is 51.2. The van der Waals surface area contributed by atoms with Crippen molar-refractivity contribution < 1.29 is 47.8 Å². The molecule has 0 radical (unpaired) electrons. The van der Waals surface area contributed by atoms with E-state index in [2.05, 4.69) is 69.2 Å². The number of carbonyl (C=O) groups excluding carboxylic acids is 4. The van der Waals surface area contributed by atoms with Gasteiger partial charge in [0, 0.05) is 60.7 Å². The molecule has 0 aliphatic carbocycles. The predicted octanol–water partition coefficient (Wildman–Crippen LogP) is 17.1. The first-order valence-corrected chi connectivity index (χ1v) is 31.9. The molecule has 2 saturated heterocycles. The lowest BCUT2D eigenvalue weighted by molar-refractivity contribution is -0.293. The maximum atomic E-state index is 12.8. The van der Waals surface area contributed by atoms with Gasteiger partial charge in [-0.2, -0.15) is 10.1 Å². The van der Waals surface area contributed by atoms with Gasteiger partial charge in [0.1, 0.15) is 12.2 Å². The Labute approximate surface area is 466 Å². The molecular formula is C64H120N2O10. The molecule has 0 aromatic rings. The number of esters is 4. The third kappa shape index (κ3) is 32.7. The number of hydrogen-bond donors (Lipinski definition) is 0. The molecule has 446 valence electrons. The van der Waals surface area contributed by atoms with E-state index in [4.69, 9.17) is 28.6 Å². The lowest BCUT2D eigenvalue weighted by Crippen LogP contribution is -2.62. The summed E-state index contributed by atoms with van der Waals surface area (Å²) < 4.78 is 22.9. The van der Waals surface area contributed by atoms with Gasteiger partial charge in [0.15, 0.2) is 0 Å². The number of rotatable bonds is 47. The van der Waals surface area contributed by atoms with Crippen LogP contribution in [0.5, 0.6) is 0 Å². The number of carbonyl (C=O) groups is 4. The molecule has 12 nitrogen and oxygen atoms in total. The van der Waals surface area contributed by atoms with Crippen molar-refractivity contribution in [3.8, 4) is 0 Å². The lowest BCUT2D eigenvalue weighted by atomic mass is 9.80. The molecular weight excluding hydrogens is 957 g/mol. The molecule has 0 atom stereocenters. The van der Waals surface area contributed by atoms with Crippen molar-refractivity contribution in [2.75, 3.05) is 26.4 Å². The average molecular weight is 1080 g/mol. The summed E-state index contributed by atoms with van der Waals surface area (Å²) in [6.45, 7) is 22.1. The molecule has 2 fully saturated rings. The summed E-state index contributed by atoms with van der Waals surface area (Å²) in [4.78, 5) is 63.3. The Balaban J connectivity index is 1.50. The summed E-state index contributed by atoms with van der Waals surface area (Å²) in [6.07, 6.45) is 43.5. The van der Waals surface area contributed by atoms with E-state index in [1.807, 2.05) is 10.1 Å². The van der Waals surface area contributed by atoms with Gasteiger partial charge < -0.3 is 18.9 Å². The summed E-state index contributed by atoms with van der Waals surface area (Å²) in [5.41, 5.74) is -1.60. The van der Waals surface area contributed by atoms with E-state index in [1.54, 1.807) is 0 Å². The van der Waals surface area contributed by atoms with E-state index < -0.39 is 22.2 Å². The molecule has 0 N–H and O–H groups in total. The molecule has 0 unspecified atom stereocenters. The first-order chi connectivity index (χ1) is 36.3. The van der Waals surface area contributed by atoms with Crippen molar-refractivity contribution in [2.45, 2.75) is 360 Å². The zero-order valence-corrected chi connectivity index (χ0v) is 51.2. The normalized spacial score (nSPS) is 17.7. The number of ether oxygens (including phenoxy) is 4. The summed E-state index contributed by atoms with van der Waals surface area (Å²) in [5, 5.41) is 3.94. The van der Waals surface area contributed by atoms with Crippen LogP contribution >= 0.6 is 0 Å². The number of unbranched alkanes of at least 4 members (excludes halogenated alkanes) is 29. The molecule has 0 saturated carbocycles. The Morgan fingerprint density at radius 2 is 0.553 bits per heavy atom. The highest BCUT2D eigenvalue weighted by molar-refractivity contribution is 5.70. The van der Waals surface area contributed by atoms with Gasteiger partial charge in [-0.15, -0.1) is 0 Å². The summed E-state index contributed by atoms with van der Waals surface area (Å²) in [7, 11) is 0. The molecule has 12 heteroatoms. The van der Waals surface area contributed by atoms with E-state index >= 15 is 0 Å². The summed E-state index contributed by atoms with van der Waals surface area (Å²) in [6, 6.07) is 0. The van der Waals surface area contributed by atoms with Gasteiger partial charge in [-0.05, 0) is 81.1 Å². The number of piperidine rings is 2. The molecule has 0 spiro atoms. The van der Waals surface area contributed by atoms with Gasteiger partial charge in [-0.1, -0.05) is 194 Å². The standard InChI is InChI=1S/C64H120N2O10/c1-11-13-15-17-19-21-23-25-27-29-31-33-35-37-39-43-59(69)75-55-51-61(3,4)65(62(5,6)52-55)73-49-45-57(67)71-47-41-42-48-72-58(68)46-50-74-66-63(7,8)53-56(54-64(66,9)10)76-60(70)44-40-38-36-34-32-30-28-26-24-22-20-18-16-14-12-2/h55-56H,11-54H2,1-10H3. The highest BCUT2D eigenvalue weighted by Gasteiger charge is 2.49. The minimum Gasteiger partial charge on any atom is -0.466 e. The maximum Gasteiger partial charge on any atom is 0.308 e. The molecule has 2 heterocycles. The average Bonchev–Trinajstić information content (AvgIpc) is 3.33. The molecule has 0 bridgehead atoms. The summed E-state index contributed by atoms with van der Waals surface area (Å²) >= 11 is 0. The van der Waals surface area contributed by atoms with Crippen LogP contribution in [-0.2, 0) is 47.8 Å². The van der Waals surface area contributed by atoms with Crippen LogP contribution in [0.15, 0.2) is 0 Å². The molecule has 0 aromatic carbocycles. The van der Waals surface area contributed by atoms with Gasteiger partial charge in [-0.25, -0.2) is 0 Å². The minimum atomic E-state index is -0.401. The fourth-order valence-electron chi connectivity index (χ4n) is 12.1. The van der Waals surface area contributed by atoms with Crippen LogP contribution in [0.4, 0.5) is 0 Å². The van der Waals surface area contributed by atoms with Gasteiger partial charge in [0.25, 0.3) is 0 Å². The monoisotopic (exact) mass is 1080 g/mol. The Kier molecular flexibility index (Phi) is 37.5. The van der Waals surface area contributed by atoms with E-state index in [1.165, 1.54) is 167 Å². The Hall–Kier alpha value is -2.28. The SMILES string of the molecule is CCCCCCCCCCCCCCCCCC(=O)OC1CC(C)(C)N(OCCC(=O)OCCCCOC(=O)CCON2C(C)(C)CC(OC(=O)CCCCCCCCCCCCCCCCC)CC2(C)C)C(C)(C)C1. The van der Waals surface area contributed by atoms with Crippen LogP contribution in [0.25, 0.3) is 0 Å². The molecule has 0 amide bonds. The largest absolute Gasteiger partial charge is 0.466 e. The topological polar surface area (TPSA) is 130 Å². The smallest absolute Gasteiger partial charge is 0.308 e. The van der Waals surface area contributed by atoms with Crippen LogP contribution < -0.4 is 0 Å². The van der Waals surface area contributed by atoms with Crippen LogP contribution in [0.2, 0.25) is 0 Å². The van der Waals surface area contributed by atoms with Crippen molar-refractivity contribution in [3.63, 3.8) is 0 Å². The second-order valence-corrected chi connectivity index (χ2v) is 25.6. The zero-order chi connectivity index (χ0) is 56.0. The van der Waals surface area contributed by atoms with E-state index in [0.717, 1.165) is 25.7 Å². The van der Waals surface area contributed by atoms with Crippen molar-refractivity contribution in [3.05, 3.63) is 0 Å². The highest BCUT2D eigenvalue weighted by Crippen LogP contribution is 2.41. The van der Waals surface area contributed by atoms with Crippen LogP contribution in [0.3, 0.4) is 0 Å². The maximum absolute atomic E-state index is 12.8. The van der Waals surface area contributed by atoms with Crippen LogP contribution in [-0.4, -0.2) is 94.8 Å². The van der Waals surface area contributed by atoms with Crippen molar-refractivity contribution >= 4 is 23.9 Å². The number of nitrogens with zero attached hydrogens (tertiary/aromatic N) is 2. The Bertz CT molecular complexity index is 1370.